The second-order valence-electron chi connectivity index (χ2n) is 8.73. The monoisotopic (exact) mass is 409 g/mol. The highest BCUT2D eigenvalue weighted by atomic mass is 16.2. The topological polar surface area (TPSA) is 77.0 Å². The molecule has 1 aliphatic heterocycles. The molecule has 2 N–H and O–H groups in total. The smallest absolute Gasteiger partial charge is 0.233 e. The van der Waals surface area contributed by atoms with Crippen molar-refractivity contribution in [1.29, 1.82) is 0 Å². The number of nitrogens with one attached hydrogen (secondary N) is 2. The quantitative estimate of drug-likeness (QED) is 0.307. The van der Waals surface area contributed by atoms with Gasteiger partial charge in [-0.25, -0.2) is 0 Å². The van der Waals surface area contributed by atoms with Gasteiger partial charge in [0.2, 0.25) is 11.8 Å². The maximum atomic E-state index is 12.7. The molecule has 4 unspecified atom stereocenters. The number of hydrogen-bond donors (Lipinski definition) is 2. The average molecular weight is 410 g/mol. The molecule has 1 saturated carbocycles. The lowest BCUT2D eigenvalue weighted by atomic mass is 9.85. The van der Waals surface area contributed by atoms with Crippen LogP contribution in [0, 0.1) is 23.7 Å². The molecular weight excluding hydrogens is 378 g/mol. The number of rotatable bonds is 7. The van der Waals surface area contributed by atoms with E-state index in [0.29, 0.717) is 25.6 Å². The van der Waals surface area contributed by atoms with E-state index >= 15 is 0 Å². The van der Waals surface area contributed by atoms with Crippen LogP contribution >= 0.6 is 0 Å². The Hall–Kier alpha value is -2.67. The Morgan fingerprint density at radius 3 is 2.20 bits per heavy atom. The van der Waals surface area contributed by atoms with Crippen molar-refractivity contribution in [1.82, 2.24) is 20.4 Å². The van der Waals surface area contributed by atoms with Gasteiger partial charge in [-0.05, 0) is 43.5 Å². The summed E-state index contributed by atoms with van der Waals surface area (Å²) in [5.41, 5.74) is 2.45. The van der Waals surface area contributed by atoms with Crippen molar-refractivity contribution in [3.63, 3.8) is 0 Å². The largest absolute Gasteiger partial charge is 0.355 e. The second kappa shape index (κ2) is 8.60. The summed E-state index contributed by atoms with van der Waals surface area (Å²) in [5.74, 6) is 0.934. The highest BCUT2D eigenvalue weighted by Gasteiger charge is 2.58. The molecular formula is C23H31N5O2. The first-order chi connectivity index (χ1) is 14.5. The van der Waals surface area contributed by atoms with Gasteiger partial charge in [0.05, 0.1) is 11.8 Å². The van der Waals surface area contributed by atoms with Gasteiger partial charge in [-0.1, -0.05) is 36.4 Å². The number of likely N-dealkylation sites (tertiary alicyclic amines) is 1. The average Bonchev–Trinajstić information content (AvgIpc) is 3.40. The zero-order valence-electron chi connectivity index (χ0n) is 18.0. The molecule has 1 aromatic rings. The minimum Gasteiger partial charge on any atom is -0.355 e. The van der Waals surface area contributed by atoms with Gasteiger partial charge in [-0.15, -0.1) is 0 Å². The van der Waals surface area contributed by atoms with Crippen molar-refractivity contribution >= 4 is 17.8 Å². The third-order valence-electron chi connectivity index (χ3n) is 6.39. The van der Waals surface area contributed by atoms with Crippen LogP contribution in [0.1, 0.15) is 17.5 Å². The number of guanidine groups is 1. The maximum Gasteiger partial charge on any atom is 0.233 e. The molecule has 4 rings (SSSR count). The minimum absolute atomic E-state index is 0.00408. The van der Waals surface area contributed by atoms with Crippen LogP contribution in [0.5, 0.6) is 0 Å². The summed E-state index contributed by atoms with van der Waals surface area (Å²) < 4.78 is 0. The number of carbonyl (C=O) groups is 2. The van der Waals surface area contributed by atoms with Gasteiger partial charge in [-0.3, -0.25) is 19.5 Å². The Morgan fingerprint density at radius 2 is 1.63 bits per heavy atom. The zero-order chi connectivity index (χ0) is 21.3. The summed E-state index contributed by atoms with van der Waals surface area (Å²) in [7, 11) is 5.83. The summed E-state index contributed by atoms with van der Waals surface area (Å²) in [6, 6.07) is 8.50. The van der Waals surface area contributed by atoms with E-state index in [1.807, 2.05) is 0 Å². The van der Waals surface area contributed by atoms with Gasteiger partial charge >= 0.3 is 0 Å². The van der Waals surface area contributed by atoms with Crippen molar-refractivity contribution in [2.45, 2.75) is 19.5 Å². The fraction of sp³-hybridized carbons (Fsp3) is 0.522. The maximum absolute atomic E-state index is 12.7. The highest BCUT2D eigenvalue weighted by Crippen LogP contribution is 2.52. The lowest BCUT2D eigenvalue weighted by molar-refractivity contribution is -0.140. The predicted octanol–water partition coefficient (Wildman–Crippen LogP) is 1.22. The third-order valence-corrected chi connectivity index (χ3v) is 6.39. The summed E-state index contributed by atoms with van der Waals surface area (Å²) in [5, 5.41) is 6.51. The SMILES string of the molecule is CN=C(NCCN1C(=O)C2C3C=CC(C3)C2C1=O)NCc1ccc(CN(C)C)cc1. The molecule has 2 aliphatic carbocycles. The van der Waals surface area contributed by atoms with Crippen LogP contribution in [0.3, 0.4) is 0 Å². The van der Waals surface area contributed by atoms with E-state index in [4.69, 9.17) is 0 Å². The van der Waals surface area contributed by atoms with Crippen LogP contribution in [-0.2, 0) is 22.7 Å². The first-order valence-corrected chi connectivity index (χ1v) is 10.7. The van der Waals surface area contributed by atoms with Crippen molar-refractivity contribution in [2.75, 3.05) is 34.2 Å². The van der Waals surface area contributed by atoms with Crippen molar-refractivity contribution in [3.8, 4) is 0 Å². The third kappa shape index (κ3) is 3.99. The predicted molar refractivity (Wildman–Crippen MR) is 116 cm³/mol. The number of amides is 2. The van der Waals surface area contributed by atoms with Crippen molar-refractivity contribution < 1.29 is 9.59 Å². The molecule has 0 spiro atoms. The Balaban J connectivity index is 1.24. The molecule has 4 atom stereocenters. The Morgan fingerprint density at radius 1 is 1.03 bits per heavy atom. The van der Waals surface area contributed by atoms with Gasteiger partial charge in [0.25, 0.3) is 0 Å². The van der Waals surface area contributed by atoms with Gasteiger partial charge in [0.1, 0.15) is 0 Å². The first kappa shape index (κ1) is 20.6. The first-order valence-electron chi connectivity index (χ1n) is 10.7. The van der Waals surface area contributed by atoms with E-state index < -0.39 is 0 Å². The fourth-order valence-electron chi connectivity index (χ4n) is 5.00. The number of allylic oxidation sites excluding steroid dienone is 2. The summed E-state index contributed by atoms with van der Waals surface area (Å²) >= 11 is 0. The molecule has 1 aromatic carbocycles. The van der Waals surface area contributed by atoms with Crippen LogP contribution in [0.4, 0.5) is 0 Å². The fourth-order valence-corrected chi connectivity index (χ4v) is 5.00. The summed E-state index contributed by atoms with van der Waals surface area (Å²) in [4.78, 5) is 33.3. The van der Waals surface area contributed by atoms with Crippen LogP contribution in [0.2, 0.25) is 0 Å². The number of aliphatic imine (C=N–C) groups is 1. The molecule has 1 heterocycles. The van der Waals surface area contributed by atoms with Gasteiger partial charge in [-0.2, -0.15) is 0 Å². The van der Waals surface area contributed by atoms with Crippen molar-refractivity contribution in [3.05, 3.63) is 47.5 Å². The lowest BCUT2D eigenvalue weighted by Crippen LogP contribution is -2.43. The number of hydrogen-bond acceptors (Lipinski definition) is 4. The Kier molecular flexibility index (Phi) is 5.90. The number of benzene rings is 1. The minimum atomic E-state index is -0.125. The van der Waals surface area contributed by atoms with Gasteiger partial charge in [0.15, 0.2) is 5.96 Å². The standard InChI is InChI=1S/C23H31N5O2/c1-24-23(26-13-15-4-6-16(7-5-15)14-27(2)3)25-10-11-28-21(29)19-17-8-9-18(12-17)20(19)22(28)30/h4-9,17-20H,10-14H2,1-3H3,(H2,24,25,26). The van der Waals surface area contributed by atoms with Crippen LogP contribution in [0.25, 0.3) is 0 Å². The lowest BCUT2D eigenvalue weighted by Gasteiger charge is -2.18. The molecule has 0 aromatic heterocycles. The van der Waals surface area contributed by atoms with Crippen LogP contribution in [0.15, 0.2) is 41.4 Å². The molecule has 160 valence electrons. The molecule has 30 heavy (non-hydrogen) atoms. The number of carbonyl (C=O) groups excluding carboxylic acids is 2. The van der Waals surface area contributed by atoms with E-state index in [1.165, 1.54) is 16.0 Å². The Labute approximate surface area is 178 Å². The van der Waals surface area contributed by atoms with E-state index in [2.05, 4.69) is 71.0 Å². The number of nitrogens with zero attached hydrogens (tertiary/aromatic N) is 3. The second-order valence-corrected chi connectivity index (χ2v) is 8.73. The molecule has 7 heteroatoms. The molecule has 2 amide bonds. The van der Waals surface area contributed by atoms with Gasteiger partial charge < -0.3 is 15.5 Å². The normalized spacial score (nSPS) is 27.3. The molecule has 2 fully saturated rings. The van der Waals surface area contributed by atoms with Crippen LogP contribution < -0.4 is 10.6 Å². The molecule has 0 radical (unpaired) electrons. The molecule has 1 saturated heterocycles. The van der Waals surface area contributed by atoms with E-state index in [9.17, 15) is 9.59 Å². The highest BCUT2D eigenvalue weighted by molar-refractivity contribution is 6.06. The number of fused-ring (bicyclic) bond motifs is 5. The number of imide groups is 1. The van der Waals surface area contributed by atoms with E-state index in [-0.39, 0.29) is 35.5 Å². The van der Waals surface area contributed by atoms with E-state index in [0.717, 1.165) is 13.0 Å². The molecule has 7 nitrogen and oxygen atoms in total. The summed E-state index contributed by atoms with van der Waals surface area (Å²) in [6.45, 7) is 2.44. The zero-order valence-corrected chi connectivity index (χ0v) is 18.0. The van der Waals surface area contributed by atoms with Crippen LogP contribution in [-0.4, -0.2) is 61.8 Å². The Bertz CT molecular complexity index is 831. The molecule has 2 bridgehead atoms. The van der Waals surface area contributed by atoms with Gasteiger partial charge in [0, 0.05) is 33.2 Å². The summed E-state index contributed by atoms with van der Waals surface area (Å²) in [6.07, 6.45) is 5.21. The van der Waals surface area contributed by atoms with Crippen molar-refractivity contribution in [2.24, 2.45) is 28.7 Å². The molecule has 3 aliphatic rings. The van der Waals surface area contributed by atoms with E-state index in [1.54, 1.807) is 7.05 Å².